The number of amides is 1. The van der Waals surface area contributed by atoms with Crippen LogP contribution in [-0.2, 0) is 4.79 Å². The number of hydrogen-bond acceptors (Lipinski definition) is 3. The molecule has 0 fully saturated rings. The van der Waals surface area contributed by atoms with Gasteiger partial charge < -0.3 is 11.1 Å². The SMILES string of the molecule is N#CCCCCNCCC(N)=O. The molecule has 0 aromatic rings. The third kappa shape index (κ3) is 8.92. The zero-order valence-corrected chi connectivity index (χ0v) is 7.18. The molecule has 0 aliphatic carbocycles. The average Bonchev–Trinajstić information content (AvgIpc) is 2.02. The minimum absolute atomic E-state index is 0.278. The van der Waals surface area contributed by atoms with Crippen LogP contribution >= 0.6 is 0 Å². The minimum atomic E-state index is -0.278. The normalized spacial score (nSPS) is 9.25. The summed E-state index contributed by atoms with van der Waals surface area (Å²) >= 11 is 0. The lowest BCUT2D eigenvalue weighted by Crippen LogP contribution is -2.22. The van der Waals surface area contributed by atoms with Gasteiger partial charge in [-0.15, -0.1) is 0 Å². The highest BCUT2D eigenvalue weighted by Gasteiger charge is 1.92. The number of carbonyl (C=O) groups is 1. The molecule has 0 bridgehead atoms. The van der Waals surface area contributed by atoms with Crippen LogP contribution in [-0.4, -0.2) is 19.0 Å². The van der Waals surface area contributed by atoms with E-state index >= 15 is 0 Å². The lowest BCUT2D eigenvalue weighted by Gasteiger charge is -2.00. The van der Waals surface area contributed by atoms with Gasteiger partial charge in [-0.2, -0.15) is 5.26 Å². The van der Waals surface area contributed by atoms with Crippen molar-refractivity contribution in [2.75, 3.05) is 13.1 Å². The summed E-state index contributed by atoms with van der Waals surface area (Å²) in [5.41, 5.74) is 4.93. The van der Waals surface area contributed by atoms with Crippen molar-refractivity contribution in [3.63, 3.8) is 0 Å². The van der Waals surface area contributed by atoms with Gasteiger partial charge in [0.25, 0.3) is 0 Å². The molecule has 12 heavy (non-hydrogen) atoms. The summed E-state index contributed by atoms with van der Waals surface area (Å²) in [5, 5.41) is 11.3. The van der Waals surface area contributed by atoms with Crippen LogP contribution in [0.3, 0.4) is 0 Å². The Balaban J connectivity index is 2.92. The number of primary amides is 1. The highest BCUT2D eigenvalue weighted by molar-refractivity contribution is 5.73. The molecule has 0 radical (unpaired) electrons. The molecule has 1 amide bonds. The molecule has 0 saturated heterocycles. The van der Waals surface area contributed by atoms with Crippen molar-refractivity contribution in [1.82, 2.24) is 5.32 Å². The molecule has 0 aromatic carbocycles. The number of rotatable bonds is 7. The zero-order chi connectivity index (χ0) is 9.23. The molecule has 4 nitrogen and oxygen atoms in total. The van der Waals surface area contributed by atoms with Crippen molar-refractivity contribution in [2.24, 2.45) is 5.73 Å². The van der Waals surface area contributed by atoms with E-state index in [9.17, 15) is 4.79 Å². The van der Waals surface area contributed by atoms with E-state index < -0.39 is 0 Å². The molecule has 0 aliphatic rings. The summed E-state index contributed by atoms with van der Waals surface area (Å²) in [6.07, 6.45) is 2.89. The summed E-state index contributed by atoms with van der Waals surface area (Å²) < 4.78 is 0. The number of nitrogens with two attached hydrogens (primary N) is 1. The second kappa shape index (κ2) is 8.02. The minimum Gasteiger partial charge on any atom is -0.370 e. The van der Waals surface area contributed by atoms with Gasteiger partial charge >= 0.3 is 0 Å². The van der Waals surface area contributed by atoms with Crippen LogP contribution in [0.5, 0.6) is 0 Å². The maximum absolute atomic E-state index is 10.3. The molecule has 0 aromatic heterocycles. The van der Waals surface area contributed by atoms with Crippen molar-refractivity contribution in [3.05, 3.63) is 0 Å². The fraction of sp³-hybridized carbons (Fsp3) is 0.750. The first-order valence-corrected chi connectivity index (χ1v) is 4.13. The van der Waals surface area contributed by atoms with E-state index in [1.165, 1.54) is 0 Å². The summed E-state index contributed by atoms with van der Waals surface area (Å²) in [4.78, 5) is 10.3. The van der Waals surface area contributed by atoms with E-state index in [2.05, 4.69) is 11.4 Å². The molecule has 4 heteroatoms. The van der Waals surface area contributed by atoms with Gasteiger partial charge in [0.05, 0.1) is 6.07 Å². The number of unbranched alkanes of at least 4 members (excludes halogenated alkanes) is 2. The fourth-order valence-electron chi connectivity index (χ4n) is 0.791. The molecule has 0 aliphatic heterocycles. The highest BCUT2D eigenvalue weighted by atomic mass is 16.1. The largest absolute Gasteiger partial charge is 0.370 e. The molecule has 0 heterocycles. The van der Waals surface area contributed by atoms with Crippen molar-refractivity contribution in [1.29, 1.82) is 5.26 Å². The van der Waals surface area contributed by atoms with Crippen LogP contribution in [0.15, 0.2) is 0 Å². The number of carbonyl (C=O) groups excluding carboxylic acids is 1. The van der Waals surface area contributed by atoms with Crippen molar-refractivity contribution >= 4 is 5.91 Å². The molecule has 0 saturated carbocycles. The second-order valence-electron chi connectivity index (χ2n) is 2.58. The van der Waals surface area contributed by atoms with Gasteiger partial charge in [0.15, 0.2) is 0 Å². The van der Waals surface area contributed by atoms with Crippen LogP contribution in [0, 0.1) is 11.3 Å². The number of nitrogens with zero attached hydrogens (tertiary/aromatic N) is 1. The van der Waals surface area contributed by atoms with Gasteiger partial charge in [0, 0.05) is 19.4 Å². The molecule has 0 rings (SSSR count). The standard InChI is InChI=1S/C8H15N3O/c9-5-2-1-3-6-11-7-4-8(10)12/h11H,1-4,6-7H2,(H2,10,12). The number of hydrogen-bond donors (Lipinski definition) is 2. The summed E-state index contributed by atoms with van der Waals surface area (Å²) in [5.74, 6) is -0.278. The highest BCUT2D eigenvalue weighted by Crippen LogP contribution is 1.90. The summed E-state index contributed by atoms with van der Waals surface area (Å²) in [6.45, 7) is 1.50. The van der Waals surface area contributed by atoms with E-state index in [1.54, 1.807) is 0 Å². The zero-order valence-electron chi connectivity index (χ0n) is 7.18. The molecule has 0 atom stereocenters. The van der Waals surface area contributed by atoms with E-state index in [0.717, 1.165) is 19.4 Å². The van der Waals surface area contributed by atoms with Crippen LogP contribution in [0.2, 0.25) is 0 Å². The van der Waals surface area contributed by atoms with Crippen LogP contribution in [0.4, 0.5) is 0 Å². The Hall–Kier alpha value is -1.08. The predicted molar refractivity (Wildman–Crippen MR) is 46.1 cm³/mol. The van der Waals surface area contributed by atoms with Gasteiger partial charge in [-0.25, -0.2) is 0 Å². The maximum Gasteiger partial charge on any atom is 0.218 e. The van der Waals surface area contributed by atoms with E-state index in [0.29, 0.717) is 19.4 Å². The Morgan fingerprint density at radius 2 is 2.17 bits per heavy atom. The number of nitrogens with one attached hydrogen (secondary N) is 1. The van der Waals surface area contributed by atoms with Gasteiger partial charge in [0.2, 0.25) is 5.91 Å². The van der Waals surface area contributed by atoms with Crippen molar-refractivity contribution in [3.8, 4) is 6.07 Å². The van der Waals surface area contributed by atoms with Gasteiger partial charge in [-0.3, -0.25) is 4.79 Å². The fourth-order valence-corrected chi connectivity index (χ4v) is 0.791. The molecular weight excluding hydrogens is 154 g/mol. The smallest absolute Gasteiger partial charge is 0.218 e. The topological polar surface area (TPSA) is 78.9 Å². The first-order chi connectivity index (χ1) is 5.77. The Bertz CT molecular complexity index is 162. The van der Waals surface area contributed by atoms with E-state index in [4.69, 9.17) is 11.0 Å². The van der Waals surface area contributed by atoms with Crippen molar-refractivity contribution in [2.45, 2.75) is 25.7 Å². The van der Waals surface area contributed by atoms with E-state index in [-0.39, 0.29) is 5.91 Å². The third-order valence-corrected chi connectivity index (χ3v) is 1.44. The molecule has 0 spiro atoms. The summed E-state index contributed by atoms with van der Waals surface area (Å²) in [7, 11) is 0. The Morgan fingerprint density at radius 3 is 2.75 bits per heavy atom. The van der Waals surface area contributed by atoms with Crippen LogP contribution in [0.25, 0.3) is 0 Å². The van der Waals surface area contributed by atoms with Gasteiger partial charge in [0.1, 0.15) is 0 Å². The van der Waals surface area contributed by atoms with Crippen LogP contribution < -0.4 is 11.1 Å². The monoisotopic (exact) mass is 169 g/mol. The molecule has 0 unspecified atom stereocenters. The first kappa shape index (κ1) is 10.9. The lowest BCUT2D eigenvalue weighted by molar-refractivity contribution is -0.117. The average molecular weight is 169 g/mol. The van der Waals surface area contributed by atoms with Gasteiger partial charge in [-0.1, -0.05) is 0 Å². The molecule has 3 N–H and O–H groups in total. The van der Waals surface area contributed by atoms with Crippen molar-refractivity contribution < 1.29 is 4.79 Å². The van der Waals surface area contributed by atoms with Gasteiger partial charge in [-0.05, 0) is 19.4 Å². The Labute approximate surface area is 72.7 Å². The summed E-state index contributed by atoms with van der Waals surface area (Å²) in [6, 6.07) is 2.07. The van der Waals surface area contributed by atoms with Crippen LogP contribution in [0.1, 0.15) is 25.7 Å². The third-order valence-electron chi connectivity index (χ3n) is 1.44. The first-order valence-electron chi connectivity index (χ1n) is 4.13. The predicted octanol–water partition coefficient (Wildman–Crippen LogP) is 0.145. The Morgan fingerprint density at radius 1 is 1.42 bits per heavy atom. The lowest BCUT2D eigenvalue weighted by atomic mass is 10.2. The Kier molecular flexibility index (Phi) is 7.30. The molecular formula is C8H15N3O. The molecule has 68 valence electrons. The second-order valence-corrected chi connectivity index (χ2v) is 2.58. The quantitative estimate of drug-likeness (QED) is 0.532. The number of nitriles is 1. The van der Waals surface area contributed by atoms with E-state index in [1.807, 2.05) is 0 Å². The maximum atomic E-state index is 10.3.